The Hall–Kier alpha value is -2.53. The van der Waals surface area contributed by atoms with Crippen molar-refractivity contribution in [2.24, 2.45) is 0 Å². The molecule has 0 N–H and O–H groups in total. The molecule has 4 rings (SSSR count). The number of benzene rings is 1. The van der Waals surface area contributed by atoms with Crippen LogP contribution < -0.4 is 4.74 Å². The first-order valence-electron chi connectivity index (χ1n) is 11.9. The van der Waals surface area contributed by atoms with Crippen LogP contribution in [0.5, 0.6) is 5.75 Å². The molecule has 5 heteroatoms. The topological polar surface area (TPSA) is 51.9 Å². The predicted molar refractivity (Wildman–Crippen MR) is 127 cm³/mol. The lowest BCUT2D eigenvalue weighted by Gasteiger charge is -2.34. The van der Waals surface area contributed by atoms with E-state index in [-0.39, 0.29) is 5.78 Å². The van der Waals surface area contributed by atoms with Crippen molar-refractivity contribution in [3.05, 3.63) is 52.5 Å². The molecule has 1 heterocycles. The summed E-state index contributed by atoms with van der Waals surface area (Å²) in [5, 5.41) is 0.874. The highest BCUT2D eigenvalue weighted by molar-refractivity contribution is 6.19. The number of carbonyl (C=O) groups excluding carboxylic acids is 1. The number of furan rings is 1. The maximum Gasteiger partial charge on any atom is 0.193 e. The van der Waals surface area contributed by atoms with E-state index in [1.807, 2.05) is 18.2 Å². The quantitative estimate of drug-likeness (QED) is 0.479. The summed E-state index contributed by atoms with van der Waals surface area (Å²) < 4.78 is 18.2. The van der Waals surface area contributed by atoms with Crippen molar-refractivity contribution in [2.45, 2.75) is 59.3 Å². The molecule has 1 aromatic heterocycles. The van der Waals surface area contributed by atoms with Gasteiger partial charge >= 0.3 is 0 Å². The van der Waals surface area contributed by atoms with Gasteiger partial charge in [0.15, 0.2) is 5.78 Å². The average Bonchev–Trinajstić information content (AvgIpc) is 3.19. The number of rotatable bonds is 9. The van der Waals surface area contributed by atoms with Crippen LogP contribution in [0, 0.1) is 0 Å². The monoisotopic (exact) mass is 437 g/mol. The second kappa shape index (κ2) is 9.14. The Bertz CT molecular complexity index is 1070. The van der Waals surface area contributed by atoms with Crippen LogP contribution in [0.3, 0.4) is 0 Å². The van der Waals surface area contributed by atoms with Crippen LogP contribution in [-0.2, 0) is 10.2 Å². The number of carbonyl (C=O) groups is 1. The molecule has 0 fully saturated rings. The van der Waals surface area contributed by atoms with Crippen LogP contribution >= 0.6 is 0 Å². The van der Waals surface area contributed by atoms with E-state index in [0.29, 0.717) is 30.8 Å². The van der Waals surface area contributed by atoms with E-state index in [1.165, 1.54) is 0 Å². The van der Waals surface area contributed by atoms with Crippen LogP contribution in [0.1, 0.15) is 70.0 Å². The molecule has 0 spiro atoms. The summed E-state index contributed by atoms with van der Waals surface area (Å²) >= 11 is 0. The Labute approximate surface area is 191 Å². The van der Waals surface area contributed by atoms with E-state index < -0.39 is 5.41 Å². The summed E-state index contributed by atoms with van der Waals surface area (Å²) in [6, 6.07) is 5.80. The van der Waals surface area contributed by atoms with Crippen molar-refractivity contribution in [3.63, 3.8) is 0 Å². The first kappa shape index (κ1) is 22.7. The fourth-order valence-corrected chi connectivity index (χ4v) is 4.78. The van der Waals surface area contributed by atoms with Crippen LogP contribution in [0.4, 0.5) is 0 Å². The van der Waals surface area contributed by atoms with E-state index >= 15 is 0 Å². The molecule has 2 aromatic rings. The largest absolute Gasteiger partial charge is 0.497 e. The van der Waals surface area contributed by atoms with Crippen LogP contribution in [0.25, 0.3) is 11.0 Å². The van der Waals surface area contributed by atoms with Crippen molar-refractivity contribution >= 4 is 16.8 Å². The minimum Gasteiger partial charge on any atom is -0.497 e. The zero-order valence-corrected chi connectivity index (χ0v) is 20.0. The first-order valence-corrected chi connectivity index (χ1v) is 11.9. The lowest BCUT2D eigenvalue weighted by atomic mass is 9.69. The zero-order chi connectivity index (χ0) is 22.9. The molecule has 0 saturated heterocycles. The molecule has 5 nitrogen and oxygen atoms in total. The summed E-state index contributed by atoms with van der Waals surface area (Å²) in [6.45, 7) is 15.0. The third-order valence-corrected chi connectivity index (χ3v) is 6.72. The Balaban J connectivity index is 1.64. The van der Waals surface area contributed by atoms with Gasteiger partial charge in [-0.15, -0.1) is 0 Å². The summed E-state index contributed by atoms with van der Waals surface area (Å²) in [7, 11) is 0. The molecule has 2 aliphatic rings. The number of allylic oxidation sites excluding steroid dienone is 4. The van der Waals surface area contributed by atoms with Gasteiger partial charge in [0.25, 0.3) is 0 Å². The molecular formula is C27H35NO4. The molecule has 172 valence electrons. The Kier molecular flexibility index (Phi) is 6.47. The molecule has 0 radical (unpaired) electrons. The molecular weight excluding hydrogens is 402 g/mol. The zero-order valence-electron chi connectivity index (χ0n) is 20.0. The number of hydrogen-bond acceptors (Lipinski definition) is 5. The number of ketones is 1. The normalized spacial score (nSPS) is 17.4. The SMILES string of the molecule is CCCOc1ccc2c3c(oc2c1)C(C)(C)C1=C(CCC(OCCN(CC)CC)=C1)C3=O. The standard InChI is InChI=1S/C27H35NO4/c1-6-14-30-19-10-12-21-23(17-19)32-26-24(21)25(29)20-11-9-18(16-22(20)27(26,4)5)31-15-13-28(7-2)8-3/h10,12,16-17H,6-9,11,13-15H2,1-5H3. The smallest absolute Gasteiger partial charge is 0.193 e. The highest BCUT2D eigenvalue weighted by atomic mass is 16.5. The Morgan fingerprint density at radius 1 is 1.06 bits per heavy atom. The van der Waals surface area contributed by atoms with Gasteiger partial charge in [-0.2, -0.15) is 0 Å². The van der Waals surface area contributed by atoms with Gasteiger partial charge in [0, 0.05) is 35.4 Å². The highest BCUT2D eigenvalue weighted by Crippen LogP contribution is 2.48. The fourth-order valence-electron chi connectivity index (χ4n) is 4.78. The molecule has 32 heavy (non-hydrogen) atoms. The number of fused-ring (bicyclic) bond motifs is 3. The third kappa shape index (κ3) is 3.99. The third-order valence-electron chi connectivity index (χ3n) is 6.72. The molecule has 0 unspecified atom stereocenters. The van der Waals surface area contributed by atoms with Crippen LogP contribution in [0.2, 0.25) is 0 Å². The second-order valence-electron chi connectivity index (χ2n) is 9.14. The first-order chi connectivity index (χ1) is 15.4. The number of nitrogens with zero attached hydrogens (tertiary/aromatic N) is 1. The van der Waals surface area contributed by atoms with Gasteiger partial charge in [-0.1, -0.05) is 20.8 Å². The van der Waals surface area contributed by atoms with Gasteiger partial charge in [0.2, 0.25) is 0 Å². The Morgan fingerprint density at radius 3 is 2.56 bits per heavy atom. The molecule has 0 amide bonds. The van der Waals surface area contributed by atoms with Crippen molar-refractivity contribution in [3.8, 4) is 5.75 Å². The summed E-state index contributed by atoms with van der Waals surface area (Å²) in [5.74, 6) is 2.57. The van der Waals surface area contributed by atoms with E-state index in [0.717, 1.165) is 66.3 Å². The summed E-state index contributed by atoms with van der Waals surface area (Å²) in [6.07, 6.45) is 4.50. The van der Waals surface area contributed by atoms with Gasteiger partial charge in [0.05, 0.1) is 17.9 Å². The van der Waals surface area contributed by atoms with Crippen molar-refractivity contribution in [2.75, 3.05) is 32.8 Å². The maximum absolute atomic E-state index is 13.5. The van der Waals surface area contributed by atoms with E-state index in [4.69, 9.17) is 13.9 Å². The lowest BCUT2D eigenvalue weighted by molar-refractivity contribution is 0.101. The van der Waals surface area contributed by atoms with Gasteiger partial charge in [0.1, 0.15) is 23.7 Å². The number of Topliss-reactive ketones (excluding diaryl/α,β-unsaturated/α-hetero) is 1. The van der Waals surface area contributed by atoms with E-state index in [2.05, 4.69) is 45.6 Å². The van der Waals surface area contributed by atoms with E-state index in [1.54, 1.807) is 0 Å². The molecule has 0 saturated carbocycles. The maximum atomic E-state index is 13.5. The molecule has 0 bridgehead atoms. The number of ether oxygens (including phenoxy) is 2. The van der Waals surface area contributed by atoms with Crippen molar-refractivity contribution in [1.82, 2.24) is 4.90 Å². The fraction of sp³-hybridized carbons (Fsp3) is 0.519. The van der Waals surface area contributed by atoms with Crippen LogP contribution in [0.15, 0.2) is 45.6 Å². The van der Waals surface area contributed by atoms with Gasteiger partial charge in [-0.3, -0.25) is 4.79 Å². The molecule has 0 atom stereocenters. The summed E-state index contributed by atoms with van der Waals surface area (Å²) in [5.41, 5.74) is 2.94. The lowest BCUT2D eigenvalue weighted by Crippen LogP contribution is -2.31. The molecule has 2 aliphatic carbocycles. The predicted octanol–water partition coefficient (Wildman–Crippen LogP) is 6.03. The minimum absolute atomic E-state index is 0.0914. The van der Waals surface area contributed by atoms with Crippen LogP contribution in [-0.4, -0.2) is 43.5 Å². The number of likely N-dealkylation sites (N-methyl/N-ethyl adjacent to an activating group) is 1. The van der Waals surface area contributed by atoms with Gasteiger partial charge in [-0.25, -0.2) is 0 Å². The molecule has 0 aliphatic heterocycles. The van der Waals surface area contributed by atoms with E-state index in [9.17, 15) is 4.79 Å². The average molecular weight is 438 g/mol. The second-order valence-corrected chi connectivity index (χ2v) is 9.14. The molecule has 1 aromatic carbocycles. The minimum atomic E-state index is -0.407. The summed E-state index contributed by atoms with van der Waals surface area (Å²) in [4.78, 5) is 15.9. The van der Waals surface area contributed by atoms with Crippen molar-refractivity contribution < 1.29 is 18.7 Å². The number of hydrogen-bond donors (Lipinski definition) is 0. The Morgan fingerprint density at radius 2 is 1.84 bits per heavy atom. The van der Waals surface area contributed by atoms with Crippen molar-refractivity contribution in [1.29, 1.82) is 0 Å². The van der Waals surface area contributed by atoms with Gasteiger partial charge in [-0.05, 0) is 63.6 Å². The van der Waals surface area contributed by atoms with Gasteiger partial charge < -0.3 is 18.8 Å². The highest BCUT2D eigenvalue weighted by Gasteiger charge is 2.43.